The molecule has 23 heavy (non-hydrogen) atoms. The third kappa shape index (κ3) is 6.79. The van der Waals surface area contributed by atoms with Crippen LogP contribution in [0.4, 0.5) is 4.79 Å². The first-order valence-corrected chi connectivity index (χ1v) is 8.28. The fraction of sp³-hybridized carbons (Fsp3) is 0.588. The standard InChI is InChI=1S/C17H26BrNO4/c1-16(2,3)23-15(21)19-10-17(4,11-20)9-12-6-7-14(22-5)13(18)8-12/h6-8,20H,9-11H2,1-5H3,(H,19,21). The molecule has 0 bridgehead atoms. The third-order valence-electron chi connectivity index (χ3n) is 3.29. The number of aliphatic hydroxyl groups excluding tert-OH is 1. The van der Waals surface area contributed by atoms with E-state index in [-0.39, 0.29) is 6.61 Å². The summed E-state index contributed by atoms with van der Waals surface area (Å²) in [4.78, 5) is 11.8. The van der Waals surface area contributed by atoms with E-state index in [4.69, 9.17) is 9.47 Å². The Morgan fingerprint density at radius 2 is 1.96 bits per heavy atom. The van der Waals surface area contributed by atoms with Crippen molar-refractivity contribution < 1.29 is 19.4 Å². The van der Waals surface area contributed by atoms with Crippen molar-refractivity contribution in [3.8, 4) is 5.75 Å². The zero-order chi connectivity index (χ0) is 17.7. The summed E-state index contributed by atoms with van der Waals surface area (Å²) in [5.74, 6) is 0.756. The maximum atomic E-state index is 11.8. The molecule has 130 valence electrons. The fourth-order valence-corrected chi connectivity index (χ4v) is 2.67. The highest BCUT2D eigenvalue weighted by molar-refractivity contribution is 9.10. The van der Waals surface area contributed by atoms with Gasteiger partial charge in [-0.1, -0.05) is 13.0 Å². The van der Waals surface area contributed by atoms with Gasteiger partial charge in [0, 0.05) is 12.0 Å². The minimum atomic E-state index is -0.541. The molecule has 1 amide bonds. The molecule has 0 aromatic heterocycles. The molecule has 5 nitrogen and oxygen atoms in total. The largest absolute Gasteiger partial charge is 0.496 e. The Bertz CT molecular complexity index is 542. The highest BCUT2D eigenvalue weighted by Crippen LogP contribution is 2.29. The van der Waals surface area contributed by atoms with Crippen LogP contribution in [0.25, 0.3) is 0 Å². The van der Waals surface area contributed by atoms with Crippen LogP contribution < -0.4 is 10.1 Å². The molecule has 1 aromatic carbocycles. The number of nitrogens with one attached hydrogen (secondary N) is 1. The molecule has 0 spiro atoms. The zero-order valence-corrected chi connectivity index (χ0v) is 16.0. The van der Waals surface area contributed by atoms with Crippen LogP contribution >= 0.6 is 15.9 Å². The minimum absolute atomic E-state index is 0.0492. The molecule has 0 saturated carbocycles. The average molecular weight is 388 g/mol. The Labute approximate surface area is 146 Å². The number of alkyl carbamates (subject to hydrolysis) is 1. The first kappa shape index (κ1) is 19.8. The second kappa shape index (κ2) is 8.02. The zero-order valence-electron chi connectivity index (χ0n) is 14.4. The summed E-state index contributed by atoms with van der Waals surface area (Å²) in [6, 6.07) is 5.78. The Kier molecular flexibility index (Phi) is 6.89. The summed E-state index contributed by atoms with van der Waals surface area (Å²) in [6.45, 7) is 7.63. The Hall–Kier alpha value is -1.27. The smallest absolute Gasteiger partial charge is 0.407 e. The molecule has 0 radical (unpaired) electrons. The molecule has 0 aliphatic heterocycles. The number of hydrogen-bond acceptors (Lipinski definition) is 4. The van der Waals surface area contributed by atoms with E-state index in [1.807, 2.05) is 45.9 Å². The van der Waals surface area contributed by atoms with Crippen molar-refractivity contribution in [1.82, 2.24) is 5.32 Å². The van der Waals surface area contributed by atoms with Gasteiger partial charge in [-0.3, -0.25) is 0 Å². The lowest BCUT2D eigenvalue weighted by molar-refractivity contribution is 0.0478. The Balaban J connectivity index is 2.70. The Morgan fingerprint density at radius 1 is 1.30 bits per heavy atom. The number of hydrogen-bond donors (Lipinski definition) is 2. The molecule has 0 aliphatic rings. The van der Waals surface area contributed by atoms with Gasteiger partial charge in [-0.2, -0.15) is 0 Å². The highest BCUT2D eigenvalue weighted by Gasteiger charge is 2.26. The van der Waals surface area contributed by atoms with Crippen LogP contribution in [-0.4, -0.2) is 37.1 Å². The van der Waals surface area contributed by atoms with Gasteiger partial charge in [-0.05, 0) is 60.8 Å². The molecule has 0 heterocycles. The van der Waals surface area contributed by atoms with Crippen LogP contribution in [0.5, 0.6) is 5.75 Å². The lowest BCUT2D eigenvalue weighted by Crippen LogP contribution is -2.41. The third-order valence-corrected chi connectivity index (χ3v) is 3.91. The summed E-state index contributed by atoms with van der Waals surface area (Å²) in [6.07, 6.45) is 0.134. The predicted molar refractivity (Wildman–Crippen MR) is 93.8 cm³/mol. The van der Waals surface area contributed by atoms with E-state index >= 15 is 0 Å². The van der Waals surface area contributed by atoms with E-state index in [2.05, 4.69) is 21.2 Å². The second-order valence-corrected chi connectivity index (χ2v) is 7.82. The summed E-state index contributed by atoms with van der Waals surface area (Å²) in [5, 5.41) is 12.5. The average Bonchev–Trinajstić information content (AvgIpc) is 2.44. The van der Waals surface area contributed by atoms with Gasteiger partial charge in [-0.15, -0.1) is 0 Å². The van der Waals surface area contributed by atoms with Crippen molar-refractivity contribution in [2.24, 2.45) is 5.41 Å². The first-order chi connectivity index (χ1) is 10.6. The molecule has 2 N–H and O–H groups in total. The van der Waals surface area contributed by atoms with Gasteiger partial charge in [0.25, 0.3) is 0 Å². The number of halogens is 1. The first-order valence-electron chi connectivity index (χ1n) is 7.49. The molecular formula is C17H26BrNO4. The van der Waals surface area contributed by atoms with Crippen LogP contribution in [0.3, 0.4) is 0 Å². The van der Waals surface area contributed by atoms with E-state index in [9.17, 15) is 9.90 Å². The number of methoxy groups -OCH3 is 1. The number of amides is 1. The number of aliphatic hydroxyl groups is 1. The van der Waals surface area contributed by atoms with Gasteiger partial charge in [0.15, 0.2) is 0 Å². The Morgan fingerprint density at radius 3 is 2.43 bits per heavy atom. The van der Waals surface area contributed by atoms with Gasteiger partial charge in [0.1, 0.15) is 11.4 Å². The van der Waals surface area contributed by atoms with E-state index in [0.29, 0.717) is 13.0 Å². The van der Waals surface area contributed by atoms with E-state index in [0.717, 1.165) is 15.8 Å². The molecule has 1 atom stereocenters. The van der Waals surface area contributed by atoms with Crippen molar-refractivity contribution >= 4 is 22.0 Å². The molecule has 1 rings (SSSR count). The number of benzene rings is 1. The van der Waals surface area contributed by atoms with Crippen molar-refractivity contribution in [3.63, 3.8) is 0 Å². The molecule has 0 aliphatic carbocycles. The molecule has 1 aromatic rings. The lowest BCUT2D eigenvalue weighted by Gasteiger charge is -2.29. The summed E-state index contributed by atoms with van der Waals surface area (Å²) >= 11 is 3.45. The maximum absolute atomic E-state index is 11.8. The molecule has 0 saturated heterocycles. The molecule has 6 heteroatoms. The van der Waals surface area contributed by atoms with Gasteiger partial charge in [-0.25, -0.2) is 4.79 Å². The van der Waals surface area contributed by atoms with E-state index < -0.39 is 17.1 Å². The molecular weight excluding hydrogens is 362 g/mol. The van der Waals surface area contributed by atoms with Crippen LogP contribution in [-0.2, 0) is 11.2 Å². The molecule has 1 unspecified atom stereocenters. The van der Waals surface area contributed by atoms with Crippen molar-refractivity contribution in [3.05, 3.63) is 28.2 Å². The van der Waals surface area contributed by atoms with E-state index in [1.54, 1.807) is 7.11 Å². The second-order valence-electron chi connectivity index (χ2n) is 6.97. The van der Waals surface area contributed by atoms with Crippen molar-refractivity contribution in [1.29, 1.82) is 0 Å². The number of carbonyl (C=O) groups is 1. The minimum Gasteiger partial charge on any atom is -0.496 e. The number of rotatable bonds is 6. The van der Waals surface area contributed by atoms with Gasteiger partial charge in [0.05, 0.1) is 18.2 Å². The molecule has 0 fully saturated rings. The van der Waals surface area contributed by atoms with Crippen molar-refractivity contribution in [2.75, 3.05) is 20.3 Å². The highest BCUT2D eigenvalue weighted by atomic mass is 79.9. The fourth-order valence-electron chi connectivity index (χ4n) is 2.09. The quantitative estimate of drug-likeness (QED) is 0.783. The van der Waals surface area contributed by atoms with Gasteiger partial charge < -0.3 is 19.9 Å². The van der Waals surface area contributed by atoms with Crippen LogP contribution in [0.15, 0.2) is 22.7 Å². The topological polar surface area (TPSA) is 67.8 Å². The van der Waals surface area contributed by atoms with Crippen molar-refractivity contribution in [2.45, 2.75) is 39.7 Å². The summed E-state index contributed by atoms with van der Waals surface area (Å²) < 4.78 is 11.3. The monoisotopic (exact) mass is 387 g/mol. The SMILES string of the molecule is COc1ccc(CC(C)(CO)CNC(=O)OC(C)(C)C)cc1Br. The van der Waals surface area contributed by atoms with Crippen LogP contribution in [0.1, 0.15) is 33.3 Å². The summed E-state index contributed by atoms with van der Waals surface area (Å²) in [7, 11) is 1.61. The van der Waals surface area contributed by atoms with Gasteiger partial charge in [0.2, 0.25) is 0 Å². The number of ether oxygens (including phenoxy) is 2. The lowest BCUT2D eigenvalue weighted by atomic mass is 9.84. The van der Waals surface area contributed by atoms with Gasteiger partial charge >= 0.3 is 6.09 Å². The summed E-state index contributed by atoms with van der Waals surface area (Å²) in [5.41, 5.74) is 0.0195. The van der Waals surface area contributed by atoms with E-state index in [1.165, 1.54) is 0 Å². The van der Waals surface area contributed by atoms with Crippen LogP contribution in [0.2, 0.25) is 0 Å². The predicted octanol–water partition coefficient (Wildman–Crippen LogP) is 3.52. The normalized spacial score (nSPS) is 14.0. The number of carbonyl (C=O) groups excluding carboxylic acids is 1. The maximum Gasteiger partial charge on any atom is 0.407 e. The van der Waals surface area contributed by atoms with Crippen LogP contribution in [0, 0.1) is 5.41 Å².